The van der Waals surface area contributed by atoms with Crippen LogP contribution in [0.4, 0.5) is 5.69 Å². The van der Waals surface area contributed by atoms with Gasteiger partial charge in [0, 0.05) is 47.5 Å². The maximum absolute atomic E-state index is 12.4. The lowest BCUT2D eigenvalue weighted by Crippen LogP contribution is -2.41. The second kappa shape index (κ2) is 9.23. The normalized spacial score (nSPS) is 16.6. The average molecular weight is 452 g/mol. The Bertz CT molecular complexity index is 1110. The van der Waals surface area contributed by atoms with Crippen LogP contribution in [0.3, 0.4) is 0 Å². The number of hydrogen-bond donors (Lipinski definition) is 3. The third kappa shape index (κ3) is 5.07. The highest BCUT2D eigenvalue weighted by Crippen LogP contribution is 2.30. The van der Waals surface area contributed by atoms with Crippen molar-refractivity contribution < 1.29 is 14.3 Å². The van der Waals surface area contributed by atoms with Gasteiger partial charge in [-0.1, -0.05) is 12.1 Å². The number of nitrogens with one attached hydrogen (secondary N) is 3. The van der Waals surface area contributed by atoms with Crippen molar-refractivity contribution in [3.05, 3.63) is 47.6 Å². The lowest BCUT2D eigenvalue weighted by Gasteiger charge is -2.25. The molecule has 166 valence electrons. The number of amides is 2. The predicted octanol–water partition coefficient (Wildman–Crippen LogP) is 2.97. The summed E-state index contributed by atoms with van der Waals surface area (Å²) in [6.07, 6.45) is 3.92. The van der Waals surface area contributed by atoms with Gasteiger partial charge < -0.3 is 20.4 Å². The number of hydrogen-bond acceptors (Lipinski definition) is 6. The molecule has 9 heteroatoms. The van der Waals surface area contributed by atoms with E-state index in [0.717, 1.165) is 53.4 Å². The Labute approximate surface area is 190 Å². The highest BCUT2D eigenvalue weighted by Gasteiger charge is 2.24. The van der Waals surface area contributed by atoms with Crippen LogP contribution >= 0.6 is 11.3 Å². The van der Waals surface area contributed by atoms with Gasteiger partial charge in [-0.05, 0) is 31.0 Å². The molecular weight excluding hydrogens is 426 g/mol. The Kier molecular flexibility index (Phi) is 6.02. The van der Waals surface area contributed by atoms with Crippen molar-refractivity contribution in [3.63, 3.8) is 0 Å². The first-order chi connectivity index (χ1) is 15.6. The molecule has 0 unspecified atom stereocenters. The van der Waals surface area contributed by atoms with Crippen molar-refractivity contribution in [2.45, 2.75) is 18.9 Å². The number of carbonyl (C=O) groups is 2. The molecule has 5 rings (SSSR count). The van der Waals surface area contributed by atoms with Gasteiger partial charge in [0.05, 0.1) is 25.5 Å². The largest absolute Gasteiger partial charge is 0.379 e. The van der Waals surface area contributed by atoms with E-state index in [1.807, 2.05) is 41.9 Å². The van der Waals surface area contributed by atoms with Crippen LogP contribution in [0.25, 0.3) is 21.8 Å². The van der Waals surface area contributed by atoms with Gasteiger partial charge in [-0.2, -0.15) is 0 Å². The fourth-order valence-electron chi connectivity index (χ4n) is 3.60. The molecule has 32 heavy (non-hydrogen) atoms. The number of rotatable bonds is 7. The van der Waals surface area contributed by atoms with Gasteiger partial charge in [0.2, 0.25) is 5.91 Å². The predicted molar refractivity (Wildman–Crippen MR) is 124 cm³/mol. The van der Waals surface area contributed by atoms with Crippen LogP contribution in [0.15, 0.2) is 41.9 Å². The highest BCUT2D eigenvalue weighted by atomic mass is 32.1. The van der Waals surface area contributed by atoms with Crippen LogP contribution in [0.5, 0.6) is 0 Å². The number of aromatic amines is 1. The summed E-state index contributed by atoms with van der Waals surface area (Å²) >= 11 is 1.53. The summed E-state index contributed by atoms with van der Waals surface area (Å²) in [5.41, 5.74) is 3.93. The maximum Gasteiger partial charge on any atom is 0.267 e. The first-order valence-electron chi connectivity index (χ1n) is 10.8. The molecule has 2 fully saturated rings. The number of morpholine rings is 1. The standard InChI is InChI=1S/C23H25N5O3S/c29-21(13-28-6-8-31-9-7-28)25-18-3-1-2-15(10-18)23-27-20(14-32-23)16-11-19(24-12-16)22(30)26-17-4-5-17/h1-3,10-12,14,17,24H,4-9,13H2,(H,25,29)(H,26,30). The second-order valence-corrected chi connectivity index (χ2v) is 8.96. The van der Waals surface area contributed by atoms with Gasteiger partial charge >= 0.3 is 0 Å². The maximum atomic E-state index is 12.4. The van der Waals surface area contributed by atoms with Crippen molar-refractivity contribution in [2.75, 3.05) is 38.2 Å². The Morgan fingerprint density at radius 1 is 1.19 bits per heavy atom. The summed E-state index contributed by atoms with van der Waals surface area (Å²) in [4.78, 5) is 34.5. The zero-order chi connectivity index (χ0) is 21.9. The van der Waals surface area contributed by atoms with E-state index in [1.165, 1.54) is 11.3 Å². The first kappa shape index (κ1) is 20.9. The van der Waals surface area contributed by atoms with Gasteiger partial charge in [0.15, 0.2) is 0 Å². The molecule has 3 N–H and O–H groups in total. The Balaban J connectivity index is 1.24. The number of carbonyl (C=O) groups excluding carboxylic acids is 2. The second-order valence-electron chi connectivity index (χ2n) is 8.11. The Hall–Kier alpha value is -3.01. The fourth-order valence-corrected chi connectivity index (χ4v) is 4.42. The van der Waals surface area contributed by atoms with Crippen molar-refractivity contribution in [1.29, 1.82) is 0 Å². The zero-order valence-corrected chi connectivity index (χ0v) is 18.4. The number of thiazole rings is 1. The van der Waals surface area contributed by atoms with Gasteiger partial charge in [0.1, 0.15) is 10.7 Å². The minimum Gasteiger partial charge on any atom is -0.379 e. The SMILES string of the molecule is O=C(CN1CCOCC1)Nc1cccc(-c2nc(-c3c[nH]c(C(=O)NC4CC4)c3)cs2)c1. The molecular formula is C23H25N5O3S. The van der Waals surface area contributed by atoms with Crippen molar-refractivity contribution in [1.82, 2.24) is 20.2 Å². The molecule has 1 aliphatic heterocycles. The number of anilines is 1. The fraction of sp³-hybridized carbons (Fsp3) is 0.348. The smallest absolute Gasteiger partial charge is 0.267 e. The number of ether oxygens (including phenoxy) is 1. The van der Waals surface area contributed by atoms with E-state index in [2.05, 4.69) is 20.5 Å². The molecule has 0 spiro atoms. The number of benzene rings is 1. The van der Waals surface area contributed by atoms with Crippen molar-refractivity contribution in [2.24, 2.45) is 0 Å². The molecule has 1 aliphatic carbocycles. The topological polar surface area (TPSA) is 99.3 Å². The van der Waals surface area contributed by atoms with Crippen LogP contribution in [0, 0.1) is 0 Å². The van der Waals surface area contributed by atoms with Crippen LogP contribution in [-0.4, -0.2) is 65.6 Å². The van der Waals surface area contributed by atoms with Crippen LogP contribution in [-0.2, 0) is 9.53 Å². The molecule has 8 nitrogen and oxygen atoms in total. The molecule has 1 saturated carbocycles. The van der Waals surface area contributed by atoms with Crippen molar-refractivity contribution >= 4 is 28.8 Å². The van der Waals surface area contributed by atoms with Gasteiger partial charge in [-0.15, -0.1) is 11.3 Å². The lowest BCUT2D eigenvalue weighted by molar-refractivity contribution is -0.118. The molecule has 0 radical (unpaired) electrons. The quantitative estimate of drug-likeness (QED) is 0.513. The zero-order valence-electron chi connectivity index (χ0n) is 17.6. The average Bonchev–Trinajstić information content (AvgIpc) is 3.27. The van der Waals surface area contributed by atoms with Crippen LogP contribution < -0.4 is 10.6 Å². The van der Waals surface area contributed by atoms with E-state index in [0.29, 0.717) is 31.5 Å². The molecule has 3 heterocycles. The van der Waals surface area contributed by atoms with Crippen molar-refractivity contribution in [3.8, 4) is 21.8 Å². The minimum absolute atomic E-state index is 0.0341. The number of nitrogens with zero attached hydrogens (tertiary/aromatic N) is 2. The minimum atomic E-state index is -0.0743. The molecule has 2 aliphatic rings. The highest BCUT2D eigenvalue weighted by molar-refractivity contribution is 7.13. The summed E-state index contributed by atoms with van der Waals surface area (Å²) in [6.45, 7) is 3.25. The van der Waals surface area contributed by atoms with E-state index in [4.69, 9.17) is 9.72 Å². The molecule has 1 aromatic carbocycles. The molecule has 2 amide bonds. The summed E-state index contributed by atoms with van der Waals surface area (Å²) < 4.78 is 5.33. The number of H-pyrrole nitrogens is 1. The molecule has 1 saturated heterocycles. The Morgan fingerprint density at radius 2 is 2.03 bits per heavy atom. The molecule has 0 atom stereocenters. The summed E-state index contributed by atoms with van der Waals surface area (Å²) in [6, 6.07) is 9.86. The summed E-state index contributed by atoms with van der Waals surface area (Å²) in [5, 5.41) is 8.79. The molecule has 2 aromatic heterocycles. The number of aromatic nitrogens is 2. The van der Waals surface area contributed by atoms with E-state index in [-0.39, 0.29) is 11.8 Å². The third-order valence-corrected chi connectivity index (χ3v) is 6.40. The monoisotopic (exact) mass is 451 g/mol. The van der Waals surface area contributed by atoms with E-state index in [9.17, 15) is 9.59 Å². The van der Waals surface area contributed by atoms with Gasteiger partial charge in [0.25, 0.3) is 5.91 Å². The van der Waals surface area contributed by atoms with Crippen LogP contribution in [0.2, 0.25) is 0 Å². The van der Waals surface area contributed by atoms with Gasteiger partial charge in [-0.25, -0.2) is 4.98 Å². The van der Waals surface area contributed by atoms with E-state index >= 15 is 0 Å². The van der Waals surface area contributed by atoms with Gasteiger partial charge in [-0.3, -0.25) is 14.5 Å². The van der Waals surface area contributed by atoms with Crippen LogP contribution in [0.1, 0.15) is 23.3 Å². The summed E-state index contributed by atoms with van der Waals surface area (Å²) in [7, 11) is 0. The molecule has 0 bridgehead atoms. The lowest BCUT2D eigenvalue weighted by atomic mass is 10.2. The van der Waals surface area contributed by atoms with E-state index < -0.39 is 0 Å². The Morgan fingerprint density at radius 3 is 2.84 bits per heavy atom. The first-order valence-corrected chi connectivity index (χ1v) is 11.7. The third-order valence-electron chi connectivity index (χ3n) is 5.50. The van der Waals surface area contributed by atoms with E-state index in [1.54, 1.807) is 0 Å². The summed E-state index contributed by atoms with van der Waals surface area (Å²) in [5.74, 6) is -0.108. The molecule has 3 aromatic rings.